The van der Waals surface area contributed by atoms with Crippen LogP contribution in [-0.4, -0.2) is 56.5 Å². The molecule has 1 aliphatic rings. The number of sulfonamides is 1. The lowest BCUT2D eigenvalue weighted by Gasteiger charge is -2.26. The molecule has 1 aliphatic heterocycles. The van der Waals surface area contributed by atoms with Crippen LogP contribution in [0.1, 0.15) is 21.5 Å². The first-order chi connectivity index (χ1) is 15.3. The normalized spacial score (nSPS) is 15.0. The summed E-state index contributed by atoms with van der Waals surface area (Å²) in [5.41, 5.74) is 2.63. The maximum atomic E-state index is 12.7. The van der Waals surface area contributed by atoms with Gasteiger partial charge in [-0.15, -0.1) is 0 Å². The Balaban J connectivity index is 1.38. The minimum absolute atomic E-state index is 0.147. The van der Waals surface area contributed by atoms with Crippen molar-refractivity contribution in [2.75, 3.05) is 32.8 Å². The van der Waals surface area contributed by atoms with E-state index in [4.69, 9.17) is 4.74 Å². The van der Waals surface area contributed by atoms with Crippen molar-refractivity contribution in [1.29, 1.82) is 0 Å². The Labute approximate surface area is 186 Å². The predicted octanol–water partition coefficient (Wildman–Crippen LogP) is 1.83. The first-order valence-electron chi connectivity index (χ1n) is 10.4. The van der Waals surface area contributed by atoms with Crippen LogP contribution in [-0.2, 0) is 21.2 Å². The van der Waals surface area contributed by atoms with Crippen molar-refractivity contribution in [1.82, 2.24) is 14.6 Å². The molecule has 8 nitrogen and oxygen atoms in total. The SMILES string of the molecule is Cc1ccc2cc(CCNC(=O)c3ccc(S(=O)(=O)N4CCOCC4)cc3)c(=O)[nH]c2c1. The first kappa shape index (κ1) is 22.2. The van der Waals surface area contributed by atoms with Gasteiger partial charge in [0.25, 0.3) is 11.5 Å². The van der Waals surface area contributed by atoms with Crippen molar-refractivity contribution in [3.63, 3.8) is 0 Å². The number of hydrogen-bond acceptors (Lipinski definition) is 5. The van der Waals surface area contributed by atoms with Gasteiger partial charge in [0, 0.05) is 36.3 Å². The quantitative estimate of drug-likeness (QED) is 0.590. The summed E-state index contributed by atoms with van der Waals surface area (Å²) in [6.45, 7) is 3.63. The minimum Gasteiger partial charge on any atom is -0.379 e. The number of pyridine rings is 1. The molecule has 0 atom stereocenters. The van der Waals surface area contributed by atoms with Crippen LogP contribution in [0.2, 0.25) is 0 Å². The molecule has 2 heterocycles. The summed E-state index contributed by atoms with van der Waals surface area (Å²) in [6, 6.07) is 13.6. The number of hydrogen-bond donors (Lipinski definition) is 2. The van der Waals surface area contributed by atoms with Crippen LogP contribution in [0.4, 0.5) is 0 Å². The highest BCUT2D eigenvalue weighted by atomic mass is 32.2. The van der Waals surface area contributed by atoms with Crippen LogP contribution in [0.15, 0.2) is 58.2 Å². The summed E-state index contributed by atoms with van der Waals surface area (Å²) >= 11 is 0. The van der Waals surface area contributed by atoms with Gasteiger partial charge in [-0.2, -0.15) is 4.31 Å². The van der Waals surface area contributed by atoms with Crippen molar-refractivity contribution in [2.45, 2.75) is 18.2 Å². The van der Waals surface area contributed by atoms with Gasteiger partial charge < -0.3 is 15.0 Å². The number of rotatable bonds is 6. The number of aryl methyl sites for hydroxylation is 1. The molecule has 1 fully saturated rings. The predicted molar refractivity (Wildman–Crippen MR) is 121 cm³/mol. The molecular weight excluding hydrogens is 430 g/mol. The van der Waals surface area contributed by atoms with Crippen LogP contribution in [0.5, 0.6) is 0 Å². The molecule has 0 radical (unpaired) electrons. The van der Waals surface area contributed by atoms with Crippen LogP contribution in [0.25, 0.3) is 10.9 Å². The van der Waals surface area contributed by atoms with E-state index in [1.165, 1.54) is 28.6 Å². The van der Waals surface area contributed by atoms with Gasteiger partial charge in [0.1, 0.15) is 0 Å². The number of morpholine rings is 1. The Morgan fingerprint density at radius 3 is 2.53 bits per heavy atom. The Morgan fingerprint density at radius 2 is 1.81 bits per heavy atom. The first-order valence-corrected chi connectivity index (χ1v) is 11.9. The number of aromatic amines is 1. The monoisotopic (exact) mass is 455 g/mol. The lowest BCUT2D eigenvalue weighted by molar-refractivity contribution is 0.0730. The van der Waals surface area contributed by atoms with Gasteiger partial charge in [-0.1, -0.05) is 12.1 Å². The summed E-state index contributed by atoms with van der Waals surface area (Å²) in [6.07, 6.45) is 0.383. The van der Waals surface area contributed by atoms with E-state index in [2.05, 4.69) is 10.3 Å². The molecule has 0 saturated carbocycles. The third kappa shape index (κ3) is 4.74. The number of benzene rings is 2. The molecule has 9 heteroatoms. The highest BCUT2D eigenvalue weighted by Crippen LogP contribution is 2.18. The Bertz CT molecular complexity index is 1290. The van der Waals surface area contributed by atoms with Gasteiger partial charge in [-0.25, -0.2) is 8.42 Å². The molecule has 168 valence electrons. The number of carbonyl (C=O) groups is 1. The lowest BCUT2D eigenvalue weighted by Crippen LogP contribution is -2.40. The van der Waals surface area contributed by atoms with Crippen LogP contribution in [0.3, 0.4) is 0 Å². The third-order valence-corrected chi connectivity index (χ3v) is 7.40. The molecule has 0 unspecified atom stereocenters. The zero-order valence-corrected chi connectivity index (χ0v) is 18.6. The van der Waals surface area contributed by atoms with Crippen LogP contribution >= 0.6 is 0 Å². The lowest BCUT2D eigenvalue weighted by atomic mass is 10.1. The number of aromatic nitrogens is 1. The van der Waals surface area contributed by atoms with Crippen molar-refractivity contribution in [3.8, 4) is 0 Å². The van der Waals surface area contributed by atoms with E-state index >= 15 is 0 Å². The molecule has 0 spiro atoms. The molecule has 3 aromatic rings. The second kappa shape index (κ2) is 9.23. The van der Waals surface area contributed by atoms with Crippen molar-refractivity contribution in [2.24, 2.45) is 0 Å². The molecular formula is C23H25N3O5S. The highest BCUT2D eigenvalue weighted by molar-refractivity contribution is 7.89. The van der Waals surface area contributed by atoms with Gasteiger partial charge in [0.2, 0.25) is 10.0 Å². The number of nitrogens with zero attached hydrogens (tertiary/aromatic N) is 1. The van der Waals surface area contributed by atoms with E-state index in [-0.39, 0.29) is 22.9 Å². The number of carbonyl (C=O) groups excluding carboxylic acids is 1. The van der Waals surface area contributed by atoms with Gasteiger partial charge in [-0.05, 0) is 60.7 Å². The van der Waals surface area contributed by atoms with E-state index in [1.807, 2.05) is 31.2 Å². The van der Waals surface area contributed by atoms with E-state index in [0.717, 1.165) is 16.5 Å². The second-order valence-corrected chi connectivity index (χ2v) is 9.70. The average molecular weight is 456 g/mol. The number of ether oxygens (including phenoxy) is 1. The molecule has 0 bridgehead atoms. The molecule has 1 saturated heterocycles. The highest BCUT2D eigenvalue weighted by Gasteiger charge is 2.26. The average Bonchev–Trinajstić information content (AvgIpc) is 2.80. The number of nitrogens with one attached hydrogen (secondary N) is 2. The summed E-state index contributed by atoms with van der Waals surface area (Å²) in [5.74, 6) is -0.326. The molecule has 2 N–H and O–H groups in total. The second-order valence-electron chi connectivity index (χ2n) is 7.76. The van der Waals surface area contributed by atoms with Crippen molar-refractivity contribution < 1.29 is 17.9 Å². The Hall–Kier alpha value is -3.01. The van der Waals surface area contributed by atoms with Gasteiger partial charge in [0.05, 0.1) is 18.1 Å². The van der Waals surface area contributed by atoms with Crippen molar-refractivity contribution in [3.05, 3.63) is 75.6 Å². The van der Waals surface area contributed by atoms with Crippen LogP contribution < -0.4 is 10.9 Å². The topological polar surface area (TPSA) is 109 Å². The van der Waals surface area contributed by atoms with Gasteiger partial charge >= 0.3 is 0 Å². The van der Waals surface area contributed by atoms with E-state index in [1.54, 1.807) is 0 Å². The van der Waals surface area contributed by atoms with Crippen LogP contribution in [0, 0.1) is 6.92 Å². The minimum atomic E-state index is -3.60. The standard InChI is InChI=1S/C23H25N3O5S/c1-16-2-3-18-15-19(23(28)25-21(18)14-16)8-9-24-22(27)17-4-6-20(7-5-17)32(29,30)26-10-12-31-13-11-26/h2-7,14-15H,8-13H2,1H3,(H,24,27)(H,25,28). The molecule has 0 aliphatic carbocycles. The fourth-order valence-electron chi connectivity index (χ4n) is 3.67. The molecule has 4 rings (SSSR count). The summed E-state index contributed by atoms with van der Waals surface area (Å²) in [7, 11) is -3.60. The largest absolute Gasteiger partial charge is 0.379 e. The van der Waals surface area contributed by atoms with Crippen molar-refractivity contribution >= 4 is 26.8 Å². The van der Waals surface area contributed by atoms with Gasteiger partial charge in [-0.3, -0.25) is 9.59 Å². The smallest absolute Gasteiger partial charge is 0.251 e. The molecule has 2 aromatic carbocycles. The van der Waals surface area contributed by atoms with E-state index < -0.39 is 10.0 Å². The zero-order chi connectivity index (χ0) is 22.7. The molecule has 1 amide bonds. The summed E-state index contributed by atoms with van der Waals surface area (Å²) in [4.78, 5) is 27.8. The number of fused-ring (bicyclic) bond motifs is 1. The fraction of sp³-hybridized carbons (Fsp3) is 0.304. The summed E-state index contributed by atoms with van der Waals surface area (Å²) in [5, 5.41) is 3.72. The Morgan fingerprint density at radius 1 is 1.09 bits per heavy atom. The molecule has 1 aromatic heterocycles. The molecule has 32 heavy (non-hydrogen) atoms. The number of amides is 1. The van der Waals surface area contributed by atoms with E-state index in [0.29, 0.717) is 43.9 Å². The third-order valence-electron chi connectivity index (χ3n) is 5.48. The maximum absolute atomic E-state index is 12.7. The summed E-state index contributed by atoms with van der Waals surface area (Å²) < 4.78 is 31.9. The fourth-order valence-corrected chi connectivity index (χ4v) is 5.08. The van der Waals surface area contributed by atoms with Gasteiger partial charge in [0.15, 0.2) is 0 Å². The van der Waals surface area contributed by atoms with E-state index in [9.17, 15) is 18.0 Å². The number of H-pyrrole nitrogens is 1. The Kier molecular flexibility index (Phi) is 6.40. The maximum Gasteiger partial charge on any atom is 0.251 e. The zero-order valence-electron chi connectivity index (χ0n) is 17.8.